The van der Waals surface area contributed by atoms with Crippen molar-refractivity contribution in [2.45, 2.75) is 52.4 Å². The molecule has 3 aromatic heterocycles. The zero-order valence-corrected chi connectivity index (χ0v) is 23.3. The number of aliphatic hydroxyl groups excluding tert-OH is 1. The number of hydrogen-bond donors (Lipinski definition) is 3. The molecule has 1 aliphatic carbocycles. The summed E-state index contributed by atoms with van der Waals surface area (Å²) in [6.45, 7) is 11.7. The maximum atomic E-state index is 9.53. The lowest BCUT2D eigenvalue weighted by molar-refractivity contribution is 0.210. The molecule has 3 aromatic rings. The monoisotopic (exact) mass is 524 g/mol. The zero-order valence-electron chi connectivity index (χ0n) is 22.5. The van der Waals surface area contributed by atoms with Gasteiger partial charge in [-0.2, -0.15) is 4.98 Å². The molecule has 1 aliphatic rings. The molecule has 3 heterocycles. The average molecular weight is 525 g/mol. The fourth-order valence-electron chi connectivity index (χ4n) is 3.89. The minimum Gasteiger partial charge on any atom is -0.396 e. The van der Waals surface area contributed by atoms with Crippen LogP contribution in [0.2, 0.25) is 0 Å². The fourth-order valence-corrected chi connectivity index (χ4v) is 4.96. The van der Waals surface area contributed by atoms with Crippen LogP contribution in [-0.4, -0.2) is 58.5 Å². The second kappa shape index (κ2) is 14.8. The smallest absolute Gasteiger partial charge is 0.224 e. The molecular weight excluding hydrogens is 484 g/mol. The van der Waals surface area contributed by atoms with Crippen molar-refractivity contribution in [2.75, 3.05) is 44.0 Å². The summed E-state index contributed by atoms with van der Waals surface area (Å²) in [5.41, 5.74) is 3.93. The third kappa shape index (κ3) is 8.05. The van der Waals surface area contributed by atoms with Gasteiger partial charge in [0.1, 0.15) is 16.3 Å². The lowest BCUT2D eigenvalue weighted by atomic mass is 10.0. The lowest BCUT2D eigenvalue weighted by Gasteiger charge is -2.16. The maximum absolute atomic E-state index is 9.53. The second-order valence-electron chi connectivity index (χ2n) is 9.05. The molecule has 0 spiro atoms. The minimum atomic E-state index is 0.201. The van der Waals surface area contributed by atoms with Crippen LogP contribution in [0.25, 0.3) is 20.8 Å². The van der Waals surface area contributed by atoms with Crippen molar-refractivity contribution in [1.82, 2.24) is 19.9 Å². The topological polar surface area (TPSA) is 105 Å². The molecule has 0 unspecified atom stereocenters. The summed E-state index contributed by atoms with van der Waals surface area (Å²) >= 11 is 1.66. The lowest BCUT2D eigenvalue weighted by Crippen LogP contribution is -2.15. The third-order valence-electron chi connectivity index (χ3n) is 6.20. The Hall–Kier alpha value is -2.88. The molecule has 1 fully saturated rings. The Balaban J connectivity index is 0.000000695. The van der Waals surface area contributed by atoms with Gasteiger partial charge in [-0.15, -0.1) is 11.3 Å². The van der Waals surface area contributed by atoms with Crippen LogP contribution in [0, 0.1) is 12.8 Å². The highest BCUT2D eigenvalue weighted by molar-refractivity contribution is 7.21. The summed E-state index contributed by atoms with van der Waals surface area (Å²) in [6.07, 6.45) is 11.7. The summed E-state index contributed by atoms with van der Waals surface area (Å²) in [6, 6.07) is 2.04. The van der Waals surface area contributed by atoms with Gasteiger partial charge < -0.3 is 20.5 Å². The highest BCUT2D eigenvalue weighted by Crippen LogP contribution is 2.44. The largest absolute Gasteiger partial charge is 0.396 e. The summed E-state index contributed by atoms with van der Waals surface area (Å²) in [7, 11) is 1.67. The fraction of sp³-hybridized carbons (Fsp3) is 0.500. The van der Waals surface area contributed by atoms with Crippen molar-refractivity contribution in [3.63, 3.8) is 0 Å². The number of nitrogens with zero attached hydrogens (tertiary/aromatic N) is 4. The van der Waals surface area contributed by atoms with Gasteiger partial charge in [-0.05, 0) is 45.1 Å². The number of pyridine rings is 1. The number of rotatable bonds is 13. The molecule has 3 N–H and O–H groups in total. The molecule has 1 saturated carbocycles. The second-order valence-corrected chi connectivity index (χ2v) is 10.1. The summed E-state index contributed by atoms with van der Waals surface area (Å²) in [4.78, 5) is 19.1. The molecule has 0 aliphatic heterocycles. The van der Waals surface area contributed by atoms with Gasteiger partial charge in [-0.3, -0.25) is 4.98 Å². The number of hydrogen-bond acceptors (Lipinski definition) is 9. The molecule has 0 aromatic carbocycles. The summed E-state index contributed by atoms with van der Waals surface area (Å²) in [5.74, 6) is 2.16. The first-order valence-electron chi connectivity index (χ1n) is 13.0. The highest BCUT2D eigenvalue weighted by atomic mass is 32.1. The Morgan fingerprint density at radius 2 is 2.05 bits per heavy atom. The molecule has 0 amide bonds. The first kappa shape index (κ1) is 28.7. The van der Waals surface area contributed by atoms with Crippen molar-refractivity contribution in [1.29, 1.82) is 0 Å². The predicted octanol–water partition coefficient (Wildman–Crippen LogP) is 5.96. The van der Waals surface area contributed by atoms with E-state index in [9.17, 15) is 5.11 Å². The first-order valence-corrected chi connectivity index (χ1v) is 13.8. The number of ether oxygens (including phenoxy) is 1. The number of nitrogens with one attached hydrogen (secondary N) is 2. The Morgan fingerprint density at radius 3 is 2.68 bits per heavy atom. The van der Waals surface area contributed by atoms with E-state index >= 15 is 0 Å². The molecule has 37 heavy (non-hydrogen) atoms. The molecule has 4 rings (SSSR count). The molecule has 200 valence electrons. The van der Waals surface area contributed by atoms with E-state index in [-0.39, 0.29) is 12.5 Å². The van der Waals surface area contributed by atoms with E-state index in [1.165, 1.54) is 12.8 Å². The van der Waals surface area contributed by atoms with Crippen LogP contribution in [-0.2, 0) is 4.74 Å². The molecule has 9 heteroatoms. The summed E-state index contributed by atoms with van der Waals surface area (Å²) < 4.78 is 6.28. The Morgan fingerprint density at radius 1 is 1.24 bits per heavy atom. The quantitative estimate of drug-likeness (QED) is 0.186. The number of aliphatic hydroxyl groups is 1. The number of allylic oxidation sites excluding steroid dienone is 3. The normalized spacial score (nSPS) is 13.9. The Kier molecular flexibility index (Phi) is 11.4. The van der Waals surface area contributed by atoms with Crippen LogP contribution in [0.5, 0.6) is 0 Å². The minimum absolute atomic E-state index is 0.201. The van der Waals surface area contributed by atoms with Crippen molar-refractivity contribution < 1.29 is 9.84 Å². The average Bonchev–Trinajstić information content (AvgIpc) is 3.65. The van der Waals surface area contributed by atoms with Crippen LogP contribution >= 0.6 is 11.3 Å². The van der Waals surface area contributed by atoms with E-state index in [2.05, 4.69) is 29.1 Å². The van der Waals surface area contributed by atoms with E-state index < -0.39 is 0 Å². The first-order chi connectivity index (χ1) is 18.1. The van der Waals surface area contributed by atoms with Gasteiger partial charge in [0, 0.05) is 38.9 Å². The molecule has 0 bridgehead atoms. The van der Waals surface area contributed by atoms with Gasteiger partial charge in [-0.1, -0.05) is 38.2 Å². The van der Waals surface area contributed by atoms with Gasteiger partial charge in [0.25, 0.3) is 0 Å². The Bertz CT molecular complexity index is 1170. The van der Waals surface area contributed by atoms with Gasteiger partial charge in [0.2, 0.25) is 5.95 Å². The SMILES string of the molecule is C=C/C=C\C.CC[C@H](CO)CCNc1nc(NCCOC)nc(C)c1-c1nc2c(C3CC3)nccc2s1. The molecule has 0 saturated heterocycles. The van der Waals surface area contributed by atoms with E-state index in [1.54, 1.807) is 24.5 Å². The van der Waals surface area contributed by atoms with E-state index in [0.29, 0.717) is 25.0 Å². The van der Waals surface area contributed by atoms with Gasteiger partial charge >= 0.3 is 0 Å². The highest BCUT2D eigenvalue weighted by Gasteiger charge is 2.28. The number of thiazole rings is 1. The van der Waals surface area contributed by atoms with Crippen molar-refractivity contribution in [3.8, 4) is 10.6 Å². The number of fused-ring (bicyclic) bond motifs is 1. The van der Waals surface area contributed by atoms with Crippen molar-refractivity contribution >= 4 is 33.3 Å². The standard InChI is InChI=1S/C23H32N6O2S.C5H8/c1-4-15(13-30)7-9-25-21-18(14(2)27-23(29-21)26-11-12-31-3)22-28-20-17(32-22)8-10-24-19(20)16-5-6-16;1-3-5-4-2/h8,10,15-16,30H,4-7,9,11-13H2,1-3H3,(H2,25,26,27,29);3-5H,1H2,2H3/b;5-4-/t15-;/m0./s1. The van der Waals surface area contributed by atoms with Gasteiger partial charge in [0.05, 0.1) is 28.3 Å². The molecule has 8 nitrogen and oxygen atoms in total. The number of aryl methyl sites for hydroxylation is 1. The van der Waals surface area contributed by atoms with Crippen molar-refractivity contribution in [3.05, 3.63) is 48.5 Å². The van der Waals surface area contributed by atoms with Crippen LogP contribution in [0.3, 0.4) is 0 Å². The van der Waals surface area contributed by atoms with Crippen LogP contribution in [0.4, 0.5) is 11.8 Å². The van der Waals surface area contributed by atoms with E-state index in [0.717, 1.165) is 57.4 Å². The zero-order chi connectivity index (χ0) is 26.6. The van der Waals surface area contributed by atoms with E-state index in [4.69, 9.17) is 19.7 Å². The van der Waals surface area contributed by atoms with Crippen LogP contribution in [0.15, 0.2) is 37.1 Å². The van der Waals surface area contributed by atoms with Gasteiger partial charge in [-0.25, -0.2) is 9.97 Å². The van der Waals surface area contributed by atoms with Crippen LogP contribution in [0.1, 0.15) is 56.8 Å². The number of aromatic nitrogens is 4. The number of anilines is 2. The van der Waals surface area contributed by atoms with Crippen LogP contribution < -0.4 is 10.6 Å². The Labute approximate surface area is 224 Å². The number of methoxy groups -OCH3 is 1. The molecule has 0 radical (unpaired) electrons. The molecule has 1 atom stereocenters. The van der Waals surface area contributed by atoms with Gasteiger partial charge in [0.15, 0.2) is 0 Å². The molecular formula is C28H40N6O2S. The van der Waals surface area contributed by atoms with Crippen molar-refractivity contribution in [2.24, 2.45) is 5.92 Å². The predicted molar refractivity (Wildman–Crippen MR) is 155 cm³/mol. The summed E-state index contributed by atoms with van der Waals surface area (Å²) in [5, 5.41) is 17.2. The maximum Gasteiger partial charge on any atom is 0.224 e. The van der Waals surface area contributed by atoms with E-state index in [1.807, 2.05) is 38.3 Å². The third-order valence-corrected chi connectivity index (χ3v) is 7.24.